The number of piperidine rings is 1. The van der Waals surface area contributed by atoms with Gasteiger partial charge in [0.1, 0.15) is 5.75 Å². The van der Waals surface area contributed by atoms with Crippen molar-refractivity contribution in [2.45, 2.75) is 25.8 Å². The monoisotopic (exact) mass is 483 g/mol. The Balaban J connectivity index is 1.38. The summed E-state index contributed by atoms with van der Waals surface area (Å²) in [5.41, 5.74) is 1.81. The largest absolute Gasteiger partial charge is 0.497 e. The molecule has 0 saturated carbocycles. The zero-order chi connectivity index (χ0) is 21.8. The van der Waals surface area contributed by atoms with Gasteiger partial charge >= 0.3 is 5.69 Å². The molecule has 0 aliphatic carbocycles. The summed E-state index contributed by atoms with van der Waals surface area (Å²) in [6.45, 7) is 2.46. The highest BCUT2D eigenvalue weighted by atomic mass is 79.9. The topological polar surface area (TPSA) is 67.3 Å². The molecule has 6 nitrogen and oxygen atoms in total. The first-order chi connectivity index (χ1) is 15.0. The third-order valence-corrected chi connectivity index (χ3v) is 6.64. The molecule has 31 heavy (non-hydrogen) atoms. The quantitative estimate of drug-likeness (QED) is 0.579. The molecule has 2 heterocycles. The number of hydrogen-bond acceptors (Lipinski definition) is 4. The van der Waals surface area contributed by atoms with Crippen LogP contribution in [0.3, 0.4) is 0 Å². The number of ether oxygens (including phenoxy) is 1. The van der Waals surface area contributed by atoms with Gasteiger partial charge in [0.15, 0.2) is 0 Å². The normalized spacial score (nSPS) is 15.2. The number of halogens is 1. The standard InChI is InChI=1S/C24H26BrN3O3/c1-31-21-7-8-22(25)18(14-21)13-17-9-11-27(12-10-17)16-19-15-23(29)28(24(30)26-19)20-5-3-2-4-6-20/h2-8,14-15,17H,9-13,16H2,1H3,(H,26,30). The van der Waals surface area contributed by atoms with Crippen LogP contribution in [-0.4, -0.2) is 34.7 Å². The smallest absolute Gasteiger partial charge is 0.333 e. The summed E-state index contributed by atoms with van der Waals surface area (Å²) in [6, 6.07) is 16.6. The van der Waals surface area contributed by atoms with Crippen LogP contribution in [0.5, 0.6) is 5.75 Å². The van der Waals surface area contributed by atoms with Gasteiger partial charge in [0.25, 0.3) is 5.56 Å². The van der Waals surface area contributed by atoms with E-state index >= 15 is 0 Å². The molecular formula is C24H26BrN3O3. The number of nitrogens with zero attached hydrogens (tertiary/aromatic N) is 2. The van der Waals surface area contributed by atoms with E-state index in [0.717, 1.165) is 42.6 Å². The molecule has 2 aromatic carbocycles. The van der Waals surface area contributed by atoms with Crippen molar-refractivity contribution in [1.29, 1.82) is 0 Å². The molecule has 1 aromatic heterocycles. The molecule has 0 amide bonds. The van der Waals surface area contributed by atoms with Gasteiger partial charge in [0, 0.05) is 22.8 Å². The molecular weight excluding hydrogens is 458 g/mol. The van der Waals surface area contributed by atoms with E-state index in [2.05, 4.69) is 31.9 Å². The third kappa shape index (κ3) is 5.17. The highest BCUT2D eigenvalue weighted by Gasteiger charge is 2.21. The van der Waals surface area contributed by atoms with Crippen molar-refractivity contribution >= 4 is 15.9 Å². The Morgan fingerprint density at radius 2 is 1.81 bits per heavy atom. The number of aromatic amines is 1. The predicted octanol–water partition coefficient (Wildman–Crippen LogP) is 3.75. The maximum absolute atomic E-state index is 12.6. The summed E-state index contributed by atoms with van der Waals surface area (Å²) in [5, 5.41) is 0. The van der Waals surface area contributed by atoms with Crippen LogP contribution in [-0.2, 0) is 13.0 Å². The summed E-state index contributed by atoms with van der Waals surface area (Å²) in [6.07, 6.45) is 3.17. The van der Waals surface area contributed by atoms with Gasteiger partial charge in [-0.15, -0.1) is 0 Å². The molecule has 7 heteroatoms. The van der Waals surface area contributed by atoms with Crippen LogP contribution in [0.4, 0.5) is 0 Å². The van der Waals surface area contributed by atoms with Gasteiger partial charge in [0.05, 0.1) is 12.8 Å². The number of methoxy groups -OCH3 is 1. The van der Waals surface area contributed by atoms with Gasteiger partial charge < -0.3 is 9.72 Å². The Bertz CT molecular complexity index is 1120. The van der Waals surface area contributed by atoms with Gasteiger partial charge in [-0.05, 0) is 74.2 Å². The fourth-order valence-electron chi connectivity index (χ4n) is 4.18. The minimum atomic E-state index is -0.397. The SMILES string of the molecule is COc1ccc(Br)c(CC2CCN(Cc3cc(=O)n(-c4ccccc4)c(=O)[nH]3)CC2)c1. The van der Waals surface area contributed by atoms with Crippen molar-refractivity contribution in [3.8, 4) is 11.4 Å². The molecule has 3 aromatic rings. The Labute approximate surface area is 189 Å². The van der Waals surface area contributed by atoms with Crippen molar-refractivity contribution < 1.29 is 4.74 Å². The van der Waals surface area contributed by atoms with E-state index < -0.39 is 5.69 Å². The van der Waals surface area contributed by atoms with E-state index in [-0.39, 0.29) is 5.56 Å². The summed E-state index contributed by atoms with van der Waals surface area (Å²) >= 11 is 3.65. The highest BCUT2D eigenvalue weighted by Crippen LogP contribution is 2.29. The van der Waals surface area contributed by atoms with Gasteiger partial charge in [-0.2, -0.15) is 0 Å². The third-order valence-electron chi connectivity index (χ3n) is 5.87. The molecule has 4 rings (SSSR count). The number of nitrogens with one attached hydrogen (secondary N) is 1. The van der Waals surface area contributed by atoms with Crippen LogP contribution in [0.15, 0.2) is 68.7 Å². The van der Waals surface area contributed by atoms with Crippen LogP contribution >= 0.6 is 15.9 Å². The van der Waals surface area contributed by atoms with Crippen molar-refractivity contribution in [2.75, 3.05) is 20.2 Å². The van der Waals surface area contributed by atoms with Crippen LogP contribution in [0, 0.1) is 5.92 Å². The van der Waals surface area contributed by atoms with E-state index in [1.165, 1.54) is 16.2 Å². The molecule has 0 bridgehead atoms. The van der Waals surface area contributed by atoms with E-state index in [1.807, 2.05) is 30.3 Å². The van der Waals surface area contributed by atoms with Crippen molar-refractivity contribution in [3.05, 3.63) is 91.2 Å². The molecule has 1 fully saturated rings. The lowest BCUT2D eigenvalue weighted by atomic mass is 9.90. The van der Waals surface area contributed by atoms with Crippen LogP contribution in [0.25, 0.3) is 5.69 Å². The van der Waals surface area contributed by atoms with Crippen molar-refractivity contribution in [3.63, 3.8) is 0 Å². The van der Waals surface area contributed by atoms with Crippen LogP contribution in [0.2, 0.25) is 0 Å². The second-order valence-electron chi connectivity index (χ2n) is 7.99. The van der Waals surface area contributed by atoms with E-state index in [0.29, 0.717) is 23.8 Å². The second kappa shape index (κ2) is 9.66. The van der Waals surface area contributed by atoms with Gasteiger partial charge in [-0.1, -0.05) is 34.1 Å². The highest BCUT2D eigenvalue weighted by molar-refractivity contribution is 9.10. The van der Waals surface area contributed by atoms with E-state index in [1.54, 1.807) is 19.2 Å². The number of rotatable bonds is 6. The number of aromatic nitrogens is 2. The second-order valence-corrected chi connectivity index (χ2v) is 8.84. The molecule has 1 N–H and O–H groups in total. The molecule has 1 aliphatic rings. The van der Waals surface area contributed by atoms with Crippen molar-refractivity contribution in [1.82, 2.24) is 14.5 Å². The summed E-state index contributed by atoms with van der Waals surface area (Å²) < 4.78 is 7.64. The first kappa shape index (κ1) is 21.6. The molecule has 162 valence electrons. The molecule has 0 atom stereocenters. The number of likely N-dealkylation sites (tertiary alicyclic amines) is 1. The fourth-order valence-corrected chi connectivity index (χ4v) is 4.59. The predicted molar refractivity (Wildman–Crippen MR) is 125 cm³/mol. The number of para-hydroxylation sites is 1. The summed E-state index contributed by atoms with van der Waals surface area (Å²) in [4.78, 5) is 30.2. The molecule has 1 aliphatic heterocycles. The average Bonchev–Trinajstić information content (AvgIpc) is 2.77. The molecule has 1 saturated heterocycles. The van der Waals surface area contributed by atoms with Crippen LogP contribution < -0.4 is 16.0 Å². The van der Waals surface area contributed by atoms with E-state index in [9.17, 15) is 9.59 Å². The van der Waals surface area contributed by atoms with Gasteiger partial charge in [-0.25, -0.2) is 9.36 Å². The minimum Gasteiger partial charge on any atom is -0.497 e. The Morgan fingerprint density at radius 3 is 2.48 bits per heavy atom. The lowest BCUT2D eigenvalue weighted by Gasteiger charge is -2.32. The van der Waals surface area contributed by atoms with Crippen LogP contribution in [0.1, 0.15) is 24.1 Å². The lowest BCUT2D eigenvalue weighted by molar-refractivity contribution is 0.175. The Hall–Kier alpha value is -2.64. The molecule has 0 radical (unpaired) electrons. The zero-order valence-electron chi connectivity index (χ0n) is 17.5. The summed E-state index contributed by atoms with van der Waals surface area (Å²) in [5.74, 6) is 1.48. The van der Waals surface area contributed by atoms with Crippen molar-refractivity contribution in [2.24, 2.45) is 5.92 Å². The number of H-pyrrole nitrogens is 1. The maximum Gasteiger partial charge on any atom is 0.333 e. The van der Waals surface area contributed by atoms with Gasteiger partial charge in [-0.3, -0.25) is 9.69 Å². The Kier molecular flexibility index (Phi) is 6.73. The Morgan fingerprint density at radius 1 is 1.06 bits per heavy atom. The number of benzene rings is 2. The maximum atomic E-state index is 12.6. The van der Waals surface area contributed by atoms with E-state index in [4.69, 9.17) is 4.74 Å². The lowest BCUT2D eigenvalue weighted by Crippen LogP contribution is -2.38. The fraction of sp³-hybridized carbons (Fsp3) is 0.333. The molecule has 0 spiro atoms. The van der Waals surface area contributed by atoms with Gasteiger partial charge in [0.2, 0.25) is 0 Å². The summed E-state index contributed by atoms with van der Waals surface area (Å²) in [7, 11) is 1.69. The average molecular weight is 484 g/mol. The zero-order valence-corrected chi connectivity index (χ0v) is 19.1. The molecule has 0 unspecified atom stereocenters. The number of hydrogen-bond donors (Lipinski definition) is 1. The minimum absolute atomic E-state index is 0.303. The first-order valence-corrected chi connectivity index (χ1v) is 11.3. The first-order valence-electron chi connectivity index (χ1n) is 10.5.